The second-order valence-corrected chi connectivity index (χ2v) is 6.20. The summed E-state index contributed by atoms with van der Waals surface area (Å²) in [6.07, 6.45) is 0.0158. The van der Waals surface area contributed by atoms with Crippen molar-refractivity contribution < 1.29 is 13.9 Å². The molecule has 2 nitrogen and oxygen atoms in total. The fourth-order valence-electron chi connectivity index (χ4n) is 2.44. The van der Waals surface area contributed by atoms with E-state index in [9.17, 15) is 9.18 Å². The first kappa shape index (κ1) is 12.4. The molecular weight excluding hydrogens is 263 g/mol. The molecule has 0 radical (unpaired) electrons. The summed E-state index contributed by atoms with van der Waals surface area (Å²) in [5, 5.41) is 0. The number of benzene rings is 1. The van der Waals surface area contributed by atoms with Crippen LogP contribution in [-0.2, 0) is 0 Å². The van der Waals surface area contributed by atoms with E-state index in [1.54, 1.807) is 11.3 Å². The van der Waals surface area contributed by atoms with Gasteiger partial charge < -0.3 is 4.74 Å². The molecule has 0 N–H and O–H groups in total. The van der Waals surface area contributed by atoms with E-state index < -0.39 is 0 Å². The third kappa shape index (κ3) is 2.16. The van der Waals surface area contributed by atoms with Gasteiger partial charge in [0.25, 0.3) is 0 Å². The standard InChI is InChI=1S/C15H13FO2S/c1-8-5-12(9(2)19-8)15-7-13(17)11-4-3-10(16)6-14(11)18-15/h3-6,15H,7H2,1-2H3. The fraction of sp³-hybridized carbons (Fsp3) is 0.267. The Kier molecular flexibility index (Phi) is 2.90. The molecule has 1 aromatic heterocycles. The zero-order chi connectivity index (χ0) is 13.6. The number of fused-ring (bicyclic) bond motifs is 1. The maximum absolute atomic E-state index is 13.2. The molecular formula is C15H13FO2S. The largest absolute Gasteiger partial charge is 0.484 e. The van der Waals surface area contributed by atoms with Gasteiger partial charge in [-0.3, -0.25) is 4.79 Å². The van der Waals surface area contributed by atoms with Crippen molar-refractivity contribution in [3.8, 4) is 5.75 Å². The third-order valence-electron chi connectivity index (χ3n) is 3.31. The zero-order valence-electron chi connectivity index (χ0n) is 10.7. The average molecular weight is 276 g/mol. The summed E-state index contributed by atoms with van der Waals surface area (Å²) in [6, 6.07) is 6.12. The number of rotatable bonds is 1. The monoisotopic (exact) mass is 276 g/mol. The van der Waals surface area contributed by atoms with E-state index in [2.05, 4.69) is 0 Å². The van der Waals surface area contributed by atoms with E-state index in [1.807, 2.05) is 19.9 Å². The lowest BCUT2D eigenvalue weighted by Gasteiger charge is -2.25. The van der Waals surface area contributed by atoms with E-state index in [0.717, 1.165) is 10.4 Å². The Balaban J connectivity index is 2.01. The Bertz CT molecular complexity index is 660. The van der Waals surface area contributed by atoms with Crippen molar-refractivity contribution >= 4 is 17.1 Å². The van der Waals surface area contributed by atoms with Crippen LogP contribution >= 0.6 is 11.3 Å². The number of hydrogen-bond donors (Lipinski definition) is 0. The highest BCUT2D eigenvalue weighted by molar-refractivity contribution is 7.12. The molecule has 0 amide bonds. The number of hydrogen-bond acceptors (Lipinski definition) is 3. The summed E-state index contributed by atoms with van der Waals surface area (Å²) in [5.41, 5.74) is 1.51. The van der Waals surface area contributed by atoms with Gasteiger partial charge in [-0.25, -0.2) is 4.39 Å². The summed E-state index contributed by atoms with van der Waals surface area (Å²) >= 11 is 1.68. The predicted molar refractivity (Wildman–Crippen MR) is 72.5 cm³/mol. The van der Waals surface area contributed by atoms with E-state index in [1.165, 1.54) is 23.1 Å². The van der Waals surface area contributed by atoms with Crippen molar-refractivity contribution in [1.29, 1.82) is 0 Å². The lowest BCUT2D eigenvalue weighted by molar-refractivity contribution is 0.0849. The van der Waals surface area contributed by atoms with Crippen molar-refractivity contribution in [1.82, 2.24) is 0 Å². The molecule has 0 spiro atoms. The molecule has 1 aromatic carbocycles. The van der Waals surface area contributed by atoms with Crippen molar-refractivity contribution in [3.05, 3.63) is 51.0 Å². The van der Waals surface area contributed by atoms with Crippen molar-refractivity contribution in [3.63, 3.8) is 0 Å². The van der Waals surface area contributed by atoms with Gasteiger partial charge >= 0.3 is 0 Å². The highest BCUT2D eigenvalue weighted by Crippen LogP contribution is 2.38. The lowest BCUT2D eigenvalue weighted by Crippen LogP contribution is -2.20. The van der Waals surface area contributed by atoms with Crippen molar-refractivity contribution in [2.24, 2.45) is 0 Å². The Labute approximate surface area is 114 Å². The molecule has 0 saturated heterocycles. The van der Waals surface area contributed by atoms with Crippen molar-refractivity contribution in [2.45, 2.75) is 26.4 Å². The molecule has 4 heteroatoms. The molecule has 0 saturated carbocycles. The number of carbonyl (C=O) groups excluding carboxylic acids is 1. The number of Topliss-reactive ketones (excluding diaryl/α,β-unsaturated/α-hetero) is 1. The minimum Gasteiger partial charge on any atom is -0.484 e. The molecule has 0 aliphatic carbocycles. The molecule has 2 heterocycles. The Morgan fingerprint density at radius 3 is 2.79 bits per heavy atom. The van der Waals surface area contributed by atoms with Crippen LogP contribution in [-0.4, -0.2) is 5.78 Å². The summed E-state index contributed by atoms with van der Waals surface area (Å²) in [4.78, 5) is 14.4. The van der Waals surface area contributed by atoms with Gasteiger partial charge in [0.05, 0.1) is 12.0 Å². The van der Waals surface area contributed by atoms with Gasteiger partial charge in [0.15, 0.2) is 5.78 Å². The van der Waals surface area contributed by atoms with Gasteiger partial charge in [-0.2, -0.15) is 0 Å². The topological polar surface area (TPSA) is 26.3 Å². The van der Waals surface area contributed by atoms with Crippen LogP contribution in [0.25, 0.3) is 0 Å². The van der Waals surface area contributed by atoms with Crippen LogP contribution in [0.2, 0.25) is 0 Å². The quantitative estimate of drug-likeness (QED) is 0.780. The summed E-state index contributed by atoms with van der Waals surface area (Å²) in [5.74, 6) is -0.0237. The van der Waals surface area contributed by atoms with Crippen LogP contribution in [0.5, 0.6) is 5.75 Å². The SMILES string of the molecule is Cc1cc(C2CC(=O)c3ccc(F)cc3O2)c(C)s1. The average Bonchev–Trinajstić information content (AvgIpc) is 2.67. The van der Waals surface area contributed by atoms with Gasteiger partial charge in [-0.05, 0) is 32.0 Å². The smallest absolute Gasteiger partial charge is 0.170 e. The van der Waals surface area contributed by atoms with Gasteiger partial charge in [-0.1, -0.05) is 0 Å². The summed E-state index contributed by atoms with van der Waals surface area (Å²) in [7, 11) is 0. The number of carbonyl (C=O) groups is 1. The Morgan fingerprint density at radius 1 is 1.32 bits per heavy atom. The second-order valence-electron chi connectivity index (χ2n) is 4.74. The number of ketones is 1. The van der Waals surface area contributed by atoms with Gasteiger partial charge in [-0.15, -0.1) is 11.3 Å². The van der Waals surface area contributed by atoms with Gasteiger partial charge in [0.2, 0.25) is 0 Å². The highest BCUT2D eigenvalue weighted by Gasteiger charge is 2.29. The number of halogens is 1. The highest BCUT2D eigenvalue weighted by atomic mass is 32.1. The minimum absolute atomic E-state index is 0.00880. The predicted octanol–water partition coefficient (Wildman–Crippen LogP) is 4.21. The second kappa shape index (κ2) is 4.46. The summed E-state index contributed by atoms with van der Waals surface area (Å²) in [6.45, 7) is 4.04. The third-order valence-corrected chi connectivity index (χ3v) is 4.29. The van der Waals surface area contributed by atoms with Gasteiger partial charge in [0, 0.05) is 21.4 Å². The van der Waals surface area contributed by atoms with Crippen LogP contribution in [0, 0.1) is 19.7 Å². The van der Waals surface area contributed by atoms with Crippen LogP contribution in [0.1, 0.15) is 38.2 Å². The lowest BCUT2D eigenvalue weighted by atomic mass is 9.96. The van der Waals surface area contributed by atoms with E-state index in [-0.39, 0.29) is 17.7 Å². The first-order chi connectivity index (χ1) is 9.04. The fourth-order valence-corrected chi connectivity index (χ4v) is 3.42. The first-order valence-corrected chi connectivity index (χ1v) is 6.92. The summed E-state index contributed by atoms with van der Waals surface area (Å²) < 4.78 is 19.1. The maximum atomic E-state index is 13.2. The molecule has 1 aliphatic heterocycles. The Hall–Kier alpha value is -1.68. The molecule has 1 unspecified atom stereocenters. The van der Waals surface area contributed by atoms with E-state index >= 15 is 0 Å². The van der Waals surface area contributed by atoms with Crippen LogP contribution < -0.4 is 4.74 Å². The van der Waals surface area contributed by atoms with Crippen LogP contribution in [0.4, 0.5) is 4.39 Å². The zero-order valence-corrected chi connectivity index (χ0v) is 11.5. The number of thiophene rings is 1. The molecule has 0 bridgehead atoms. The molecule has 3 rings (SSSR count). The minimum atomic E-state index is -0.384. The van der Waals surface area contributed by atoms with Gasteiger partial charge in [0.1, 0.15) is 17.7 Å². The molecule has 0 fully saturated rings. The Morgan fingerprint density at radius 2 is 2.11 bits per heavy atom. The molecule has 1 atom stereocenters. The van der Waals surface area contributed by atoms with Crippen LogP contribution in [0.3, 0.4) is 0 Å². The van der Waals surface area contributed by atoms with E-state index in [4.69, 9.17) is 4.74 Å². The van der Waals surface area contributed by atoms with Crippen LogP contribution in [0.15, 0.2) is 24.3 Å². The normalized spacial score (nSPS) is 18.1. The molecule has 1 aliphatic rings. The number of ether oxygens (including phenoxy) is 1. The number of aryl methyl sites for hydroxylation is 2. The first-order valence-electron chi connectivity index (χ1n) is 6.11. The van der Waals surface area contributed by atoms with Crippen molar-refractivity contribution in [2.75, 3.05) is 0 Å². The molecule has 98 valence electrons. The molecule has 2 aromatic rings. The van der Waals surface area contributed by atoms with E-state index in [0.29, 0.717) is 17.7 Å². The maximum Gasteiger partial charge on any atom is 0.170 e. The molecule has 19 heavy (non-hydrogen) atoms.